The molecule has 8 heteroatoms. The van der Waals surface area contributed by atoms with Crippen LogP contribution in [-0.2, 0) is 4.79 Å². The van der Waals surface area contributed by atoms with E-state index in [1.165, 1.54) is 20.3 Å². The number of benzene rings is 2. The Morgan fingerprint density at radius 3 is 2.15 bits per heavy atom. The lowest BCUT2D eigenvalue weighted by Gasteiger charge is -2.12. The van der Waals surface area contributed by atoms with E-state index in [0.717, 1.165) is 0 Å². The molecule has 0 aliphatic heterocycles. The van der Waals surface area contributed by atoms with Crippen molar-refractivity contribution in [2.45, 2.75) is 6.92 Å². The maximum atomic E-state index is 12.1. The molecule has 0 radical (unpaired) electrons. The lowest BCUT2D eigenvalue weighted by Crippen LogP contribution is -2.43. The zero-order valence-electron chi connectivity index (χ0n) is 15.4. The number of carbonyl (C=O) groups is 2. The Labute approximate surface area is 157 Å². The molecule has 144 valence electrons. The quantitative estimate of drug-likeness (QED) is 0.686. The Morgan fingerprint density at radius 1 is 0.852 bits per heavy atom. The van der Waals surface area contributed by atoms with E-state index in [1.54, 1.807) is 36.4 Å². The molecule has 0 atom stereocenters. The van der Waals surface area contributed by atoms with Crippen molar-refractivity contribution in [3.63, 3.8) is 0 Å². The van der Waals surface area contributed by atoms with Crippen molar-refractivity contribution in [1.82, 2.24) is 10.9 Å². The second kappa shape index (κ2) is 9.91. The van der Waals surface area contributed by atoms with Crippen LogP contribution in [-0.4, -0.2) is 39.2 Å². The molecule has 0 unspecified atom stereocenters. The zero-order chi connectivity index (χ0) is 19.6. The van der Waals surface area contributed by atoms with Gasteiger partial charge < -0.3 is 18.9 Å². The number of nitrogens with one attached hydrogen (secondary N) is 2. The summed E-state index contributed by atoms with van der Waals surface area (Å²) < 4.78 is 21.1. The molecule has 27 heavy (non-hydrogen) atoms. The number of para-hydroxylation sites is 2. The molecular weight excluding hydrogens is 352 g/mol. The molecule has 2 aromatic rings. The third-order valence-electron chi connectivity index (χ3n) is 3.47. The number of hydrogen-bond acceptors (Lipinski definition) is 6. The Morgan fingerprint density at radius 2 is 1.52 bits per heavy atom. The van der Waals surface area contributed by atoms with Crippen LogP contribution >= 0.6 is 0 Å². The highest BCUT2D eigenvalue weighted by Crippen LogP contribution is 2.27. The van der Waals surface area contributed by atoms with Gasteiger partial charge in [0.2, 0.25) is 0 Å². The van der Waals surface area contributed by atoms with E-state index in [0.29, 0.717) is 35.2 Å². The summed E-state index contributed by atoms with van der Waals surface area (Å²) in [6.07, 6.45) is 0. The van der Waals surface area contributed by atoms with E-state index in [1.807, 2.05) is 6.92 Å². The number of ether oxygens (including phenoxy) is 4. The largest absolute Gasteiger partial charge is 0.493 e. The fourth-order valence-electron chi connectivity index (χ4n) is 2.20. The summed E-state index contributed by atoms with van der Waals surface area (Å²) in [5.74, 6) is 0.879. The van der Waals surface area contributed by atoms with Gasteiger partial charge >= 0.3 is 0 Å². The Balaban J connectivity index is 1.87. The van der Waals surface area contributed by atoms with E-state index in [4.69, 9.17) is 18.9 Å². The van der Waals surface area contributed by atoms with Gasteiger partial charge in [0.05, 0.1) is 20.8 Å². The van der Waals surface area contributed by atoms with Gasteiger partial charge in [0.15, 0.2) is 29.6 Å². The van der Waals surface area contributed by atoms with Gasteiger partial charge in [0, 0.05) is 5.56 Å². The molecular formula is C19H22N2O6. The summed E-state index contributed by atoms with van der Waals surface area (Å²) in [5, 5.41) is 0. The SMILES string of the molecule is CCOc1ccccc1OCC(=O)NNC(=O)c1ccc(OC)c(OC)c1. The molecule has 2 amide bonds. The first kappa shape index (κ1) is 19.9. The lowest BCUT2D eigenvalue weighted by atomic mass is 10.2. The molecule has 2 N–H and O–H groups in total. The minimum atomic E-state index is -0.518. The normalized spacial score (nSPS) is 9.89. The van der Waals surface area contributed by atoms with Crippen LogP contribution in [0.1, 0.15) is 17.3 Å². The summed E-state index contributed by atoms with van der Waals surface area (Å²) >= 11 is 0. The monoisotopic (exact) mass is 374 g/mol. The molecule has 0 saturated carbocycles. The van der Waals surface area contributed by atoms with Crippen molar-refractivity contribution in [3.05, 3.63) is 48.0 Å². The fourth-order valence-corrected chi connectivity index (χ4v) is 2.20. The molecule has 2 aromatic carbocycles. The van der Waals surface area contributed by atoms with Crippen LogP contribution in [0.25, 0.3) is 0 Å². The van der Waals surface area contributed by atoms with Crippen molar-refractivity contribution in [3.8, 4) is 23.0 Å². The molecule has 0 spiro atoms. The van der Waals surface area contributed by atoms with Crippen molar-refractivity contribution in [1.29, 1.82) is 0 Å². The van der Waals surface area contributed by atoms with Crippen molar-refractivity contribution >= 4 is 11.8 Å². The van der Waals surface area contributed by atoms with Crippen LogP contribution < -0.4 is 29.8 Å². The minimum Gasteiger partial charge on any atom is -0.493 e. The smallest absolute Gasteiger partial charge is 0.276 e. The second-order valence-corrected chi connectivity index (χ2v) is 5.24. The van der Waals surface area contributed by atoms with Crippen LogP contribution in [0.3, 0.4) is 0 Å². The first-order valence-electron chi connectivity index (χ1n) is 8.24. The predicted molar refractivity (Wildman–Crippen MR) is 98.3 cm³/mol. The molecule has 0 bridgehead atoms. The summed E-state index contributed by atoms with van der Waals surface area (Å²) in [5.41, 5.74) is 4.91. The Bertz CT molecular complexity index is 794. The van der Waals surface area contributed by atoms with E-state index >= 15 is 0 Å². The van der Waals surface area contributed by atoms with Gasteiger partial charge in [-0.05, 0) is 37.3 Å². The lowest BCUT2D eigenvalue weighted by molar-refractivity contribution is -0.123. The third kappa shape index (κ3) is 5.53. The molecule has 2 rings (SSSR count). The molecule has 8 nitrogen and oxygen atoms in total. The number of rotatable bonds is 8. The van der Waals surface area contributed by atoms with Crippen LogP contribution in [0.2, 0.25) is 0 Å². The van der Waals surface area contributed by atoms with Crippen LogP contribution in [0, 0.1) is 0 Å². The molecule has 0 aliphatic carbocycles. The molecule has 0 aliphatic rings. The number of carbonyl (C=O) groups excluding carboxylic acids is 2. The van der Waals surface area contributed by atoms with E-state index in [2.05, 4.69) is 10.9 Å². The third-order valence-corrected chi connectivity index (χ3v) is 3.47. The van der Waals surface area contributed by atoms with Crippen molar-refractivity contribution in [2.75, 3.05) is 27.4 Å². The summed E-state index contributed by atoms with van der Waals surface area (Å²) in [6, 6.07) is 11.7. The Kier molecular flexibility index (Phi) is 7.30. The van der Waals surface area contributed by atoms with Gasteiger partial charge in [-0.2, -0.15) is 0 Å². The summed E-state index contributed by atoms with van der Waals surface area (Å²) in [4.78, 5) is 24.1. The van der Waals surface area contributed by atoms with Gasteiger partial charge in [-0.25, -0.2) is 0 Å². The van der Waals surface area contributed by atoms with E-state index in [-0.39, 0.29) is 6.61 Å². The number of methoxy groups -OCH3 is 2. The van der Waals surface area contributed by atoms with Crippen LogP contribution in [0.4, 0.5) is 0 Å². The number of amides is 2. The minimum absolute atomic E-state index is 0.281. The molecule has 0 heterocycles. The highest BCUT2D eigenvalue weighted by molar-refractivity contribution is 5.96. The van der Waals surface area contributed by atoms with Crippen molar-refractivity contribution < 1.29 is 28.5 Å². The standard InChI is InChI=1S/C19H22N2O6/c1-4-26-15-7-5-6-8-16(15)27-12-18(22)20-21-19(23)13-9-10-14(24-2)17(11-13)25-3/h5-11H,4,12H2,1-3H3,(H,20,22)(H,21,23). The predicted octanol–water partition coefficient (Wildman–Crippen LogP) is 1.94. The Hall–Kier alpha value is -3.42. The number of hydrogen-bond donors (Lipinski definition) is 2. The van der Waals surface area contributed by atoms with Gasteiger partial charge in [-0.3, -0.25) is 20.4 Å². The first-order valence-corrected chi connectivity index (χ1v) is 8.24. The topological polar surface area (TPSA) is 95.1 Å². The first-order chi connectivity index (χ1) is 13.1. The summed E-state index contributed by atoms with van der Waals surface area (Å²) in [7, 11) is 2.97. The molecule has 0 saturated heterocycles. The van der Waals surface area contributed by atoms with Gasteiger partial charge in [-0.1, -0.05) is 12.1 Å². The van der Waals surface area contributed by atoms with Gasteiger partial charge in [0.25, 0.3) is 11.8 Å². The molecule has 0 aromatic heterocycles. The molecule has 0 fully saturated rings. The zero-order valence-corrected chi connectivity index (χ0v) is 15.4. The van der Waals surface area contributed by atoms with E-state index < -0.39 is 11.8 Å². The second-order valence-electron chi connectivity index (χ2n) is 5.24. The average Bonchev–Trinajstić information content (AvgIpc) is 2.71. The van der Waals surface area contributed by atoms with Crippen LogP contribution in [0.5, 0.6) is 23.0 Å². The highest BCUT2D eigenvalue weighted by Gasteiger charge is 2.12. The van der Waals surface area contributed by atoms with Gasteiger partial charge in [-0.15, -0.1) is 0 Å². The van der Waals surface area contributed by atoms with Gasteiger partial charge in [0.1, 0.15) is 0 Å². The maximum absolute atomic E-state index is 12.1. The fraction of sp³-hybridized carbons (Fsp3) is 0.263. The van der Waals surface area contributed by atoms with Crippen molar-refractivity contribution in [2.24, 2.45) is 0 Å². The van der Waals surface area contributed by atoms with E-state index in [9.17, 15) is 9.59 Å². The van der Waals surface area contributed by atoms with Crippen LogP contribution in [0.15, 0.2) is 42.5 Å². The number of hydrazine groups is 1. The summed E-state index contributed by atoms with van der Waals surface area (Å²) in [6.45, 7) is 2.05. The average molecular weight is 374 g/mol. The highest BCUT2D eigenvalue weighted by atomic mass is 16.5. The maximum Gasteiger partial charge on any atom is 0.276 e.